The van der Waals surface area contributed by atoms with Gasteiger partial charge in [0, 0.05) is 43.3 Å². The van der Waals surface area contributed by atoms with Gasteiger partial charge in [0.2, 0.25) is 0 Å². The van der Waals surface area contributed by atoms with Crippen LogP contribution < -0.4 is 10.1 Å². The second kappa shape index (κ2) is 10.3. The summed E-state index contributed by atoms with van der Waals surface area (Å²) in [6.07, 6.45) is 5.42. The number of nitrogens with zero attached hydrogens (tertiary/aromatic N) is 2. The van der Waals surface area contributed by atoms with E-state index in [9.17, 15) is 4.79 Å². The molecule has 5 heteroatoms. The molecule has 1 N–H and O–H groups in total. The number of pyridine rings is 1. The molecule has 0 fully saturated rings. The van der Waals surface area contributed by atoms with Crippen LogP contribution in [0, 0.1) is 0 Å². The highest BCUT2D eigenvalue weighted by molar-refractivity contribution is 5.94. The summed E-state index contributed by atoms with van der Waals surface area (Å²) >= 11 is 0. The smallest absolute Gasteiger partial charge is 0.253 e. The van der Waals surface area contributed by atoms with E-state index in [1.165, 1.54) is 0 Å². The SMILES string of the molecule is CCCN(CCC)C(=O)c1cccc(OCCNc2ccncc2)c1. The van der Waals surface area contributed by atoms with Crippen molar-refractivity contribution in [1.29, 1.82) is 0 Å². The molecule has 0 aliphatic rings. The molecule has 0 bridgehead atoms. The Balaban J connectivity index is 1.88. The Bertz CT molecular complexity index is 640. The maximum Gasteiger partial charge on any atom is 0.253 e. The Morgan fingerprint density at radius 3 is 2.52 bits per heavy atom. The highest BCUT2D eigenvalue weighted by Gasteiger charge is 2.14. The largest absolute Gasteiger partial charge is 0.492 e. The fourth-order valence-corrected chi connectivity index (χ4v) is 2.59. The van der Waals surface area contributed by atoms with Crippen molar-refractivity contribution in [3.8, 4) is 5.75 Å². The molecular formula is C20H27N3O2. The van der Waals surface area contributed by atoms with Crippen molar-refractivity contribution in [3.05, 3.63) is 54.4 Å². The van der Waals surface area contributed by atoms with Crippen molar-refractivity contribution in [2.24, 2.45) is 0 Å². The summed E-state index contributed by atoms with van der Waals surface area (Å²) in [4.78, 5) is 18.5. The first-order valence-corrected chi connectivity index (χ1v) is 8.90. The number of nitrogens with one attached hydrogen (secondary N) is 1. The average Bonchev–Trinajstić information content (AvgIpc) is 2.65. The molecule has 0 saturated carbocycles. The van der Waals surface area contributed by atoms with Crippen LogP contribution in [0.1, 0.15) is 37.0 Å². The summed E-state index contributed by atoms with van der Waals surface area (Å²) < 4.78 is 5.77. The van der Waals surface area contributed by atoms with Gasteiger partial charge >= 0.3 is 0 Å². The predicted octanol–water partition coefficient (Wildman–Crippen LogP) is 3.83. The second-order valence-electron chi connectivity index (χ2n) is 5.83. The van der Waals surface area contributed by atoms with Crippen molar-refractivity contribution >= 4 is 11.6 Å². The highest BCUT2D eigenvalue weighted by Crippen LogP contribution is 2.15. The third-order valence-corrected chi connectivity index (χ3v) is 3.74. The monoisotopic (exact) mass is 341 g/mol. The van der Waals surface area contributed by atoms with Crippen LogP contribution in [0.25, 0.3) is 0 Å². The Morgan fingerprint density at radius 1 is 1.12 bits per heavy atom. The maximum absolute atomic E-state index is 12.6. The van der Waals surface area contributed by atoms with E-state index in [0.717, 1.165) is 37.4 Å². The van der Waals surface area contributed by atoms with E-state index in [0.29, 0.717) is 18.7 Å². The Hall–Kier alpha value is -2.56. The fourth-order valence-electron chi connectivity index (χ4n) is 2.59. The predicted molar refractivity (Wildman–Crippen MR) is 101 cm³/mol. The zero-order valence-electron chi connectivity index (χ0n) is 15.1. The van der Waals surface area contributed by atoms with Crippen molar-refractivity contribution in [1.82, 2.24) is 9.88 Å². The number of carbonyl (C=O) groups excluding carboxylic acids is 1. The molecule has 2 rings (SSSR count). The van der Waals surface area contributed by atoms with E-state index >= 15 is 0 Å². The number of benzene rings is 1. The van der Waals surface area contributed by atoms with Gasteiger partial charge in [0.1, 0.15) is 12.4 Å². The van der Waals surface area contributed by atoms with Gasteiger partial charge in [-0.1, -0.05) is 19.9 Å². The van der Waals surface area contributed by atoms with Gasteiger partial charge in [-0.3, -0.25) is 9.78 Å². The second-order valence-corrected chi connectivity index (χ2v) is 5.83. The lowest BCUT2D eigenvalue weighted by Crippen LogP contribution is -2.32. The molecule has 134 valence electrons. The first kappa shape index (κ1) is 18.8. The number of ether oxygens (including phenoxy) is 1. The van der Waals surface area contributed by atoms with E-state index in [1.54, 1.807) is 12.4 Å². The Kier molecular flexibility index (Phi) is 7.76. The van der Waals surface area contributed by atoms with Gasteiger partial charge < -0.3 is 15.0 Å². The van der Waals surface area contributed by atoms with Crippen LogP contribution in [0.4, 0.5) is 5.69 Å². The minimum absolute atomic E-state index is 0.0732. The van der Waals surface area contributed by atoms with Crippen molar-refractivity contribution in [2.75, 3.05) is 31.6 Å². The van der Waals surface area contributed by atoms with Crippen LogP contribution in [-0.2, 0) is 0 Å². The van der Waals surface area contributed by atoms with Gasteiger partial charge in [0.25, 0.3) is 5.91 Å². The van der Waals surface area contributed by atoms with Crippen LogP contribution in [0.15, 0.2) is 48.8 Å². The van der Waals surface area contributed by atoms with Gasteiger partial charge in [0.15, 0.2) is 0 Å². The minimum Gasteiger partial charge on any atom is -0.492 e. The van der Waals surface area contributed by atoms with Crippen LogP contribution in [0.3, 0.4) is 0 Å². The van der Waals surface area contributed by atoms with Crippen LogP contribution in [0.2, 0.25) is 0 Å². The Morgan fingerprint density at radius 2 is 1.84 bits per heavy atom. The lowest BCUT2D eigenvalue weighted by atomic mass is 10.1. The summed E-state index contributed by atoms with van der Waals surface area (Å²) in [6, 6.07) is 11.3. The van der Waals surface area contributed by atoms with E-state index < -0.39 is 0 Å². The first-order valence-electron chi connectivity index (χ1n) is 8.90. The molecule has 0 atom stereocenters. The van der Waals surface area contributed by atoms with Gasteiger partial charge in [-0.05, 0) is 43.2 Å². The van der Waals surface area contributed by atoms with Crippen molar-refractivity contribution in [2.45, 2.75) is 26.7 Å². The summed E-state index contributed by atoms with van der Waals surface area (Å²) in [7, 11) is 0. The number of rotatable bonds is 10. The zero-order chi connectivity index (χ0) is 17.9. The number of anilines is 1. The summed E-state index contributed by atoms with van der Waals surface area (Å²) in [5, 5.41) is 3.26. The third kappa shape index (κ3) is 6.10. The van der Waals surface area contributed by atoms with Crippen molar-refractivity contribution < 1.29 is 9.53 Å². The molecule has 5 nitrogen and oxygen atoms in total. The fraction of sp³-hybridized carbons (Fsp3) is 0.400. The third-order valence-electron chi connectivity index (χ3n) is 3.74. The van der Waals surface area contributed by atoms with E-state index in [4.69, 9.17) is 4.74 Å². The summed E-state index contributed by atoms with van der Waals surface area (Å²) in [5.74, 6) is 0.791. The van der Waals surface area contributed by atoms with Crippen LogP contribution in [-0.4, -0.2) is 42.0 Å². The quantitative estimate of drug-likeness (QED) is 0.667. The Labute approximate surface area is 150 Å². The summed E-state index contributed by atoms with van der Waals surface area (Å²) in [5.41, 5.74) is 1.69. The zero-order valence-corrected chi connectivity index (χ0v) is 15.1. The average molecular weight is 341 g/mol. The lowest BCUT2D eigenvalue weighted by Gasteiger charge is -2.21. The molecule has 2 aromatic rings. The normalized spacial score (nSPS) is 10.3. The summed E-state index contributed by atoms with van der Waals surface area (Å²) in [6.45, 7) is 6.95. The first-order chi connectivity index (χ1) is 12.2. The molecule has 1 aromatic carbocycles. The number of hydrogen-bond acceptors (Lipinski definition) is 4. The van der Waals surface area contributed by atoms with E-state index in [1.807, 2.05) is 41.3 Å². The molecule has 0 unspecified atom stereocenters. The van der Waals surface area contributed by atoms with Crippen LogP contribution >= 0.6 is 0 Å². The van der Waals surface area contributed by atoms with Gasteiger partial charge in [-0.2, -0.15) is 0 Å². The lowest BCUT2D eigenvalue weighted by molar-refractivity contribution is 0.0755. The van der Waals surface area contributed by atoms with E-state index in [2.05, 4.69) is 24.1 Å². The maximum atomic E-state index is 12.6. The molecule has 0 aliphatic heterocycles. The number of carbonyl (C=O) groups is 1. The standard InChI is InChI=1S/C20H27N3O2/c1-3-13-23(14-4-2)20(24)17-6-5-7-19(16-17)25-15-12-22-18-8-10-21-11-9-18/h5-11,16H,3-4,12-15H2,1-2H3,(H,21,22). The van der Waals surface area contributed by atoms with Gasteiger partial charge in [-0.25, -0.2) is 0 Å². The minimum atomic E-state index is 0.0732. The molecule has 0 radical (unpaired) electrons. The van der Waals surface area contributed by atoms with Gasteiger partial charge in [0.05, 0.1) is 0 Å². The molecule has 0 aliphatic carbocycles. The molecular weight excluding hydrogens is 314 g/mol. The van der Waals surface area contributed by atoms with Gasteiger partial charge in [-0.15, -0.1) is 0 Å². The van der Waals surface area contributed by atoms with E-state index in [-0.39, 0.29) is 5.91 Å². The van der Waals surface area contributed by atoms with Crippen LogP contribution in [0.5, 0.6) is 5.75 Å². The number of hydrogen-bond donors (Lipinski definition) is 1. The molecule has 0 saturated heterocycles. The number of aromatic nitrogens is 1. The highest BCUT2D eigenvalue weighted by atomic mass is 16.5. The molecule has 0 spiro atoms. The molecule has 1 aromatic heterocycles. The number of amides is 1. The topological polar surface area (TPSA) is 54.5 Å². The molecule has 1 heterocycles. The van der Waals surface area contributed by atoms with Crippen molar-refractivity contribution in [3.63, 3.8) is 0 Å². The molecule has 1 amide bonds. The molecule has 25 heavy (non-hydrogen) atoms.